The number of anilines is 1. The lowest BCUT2D eigenvalue weighted by Crippen LogP contribution is -2.32. The summed E-state index contributed by atoms with van der Waals surface area (Å²) in [6.45, 7) is 1.42. The summed E-state index contributed by atoms with van der Waals surface area (Å²) < 4.78 is 23.3. The van der Waals surface area contributed by atoms with Crippen LogP contribution in [0.5, 0.6) is 11.5 Å². The van der Waals surface area contributed by atoms with Gasteiger partial charge < -0.3 is 24.7 Å². The number of ether oxygens (including phenoxy) is 2. The molecule has 2 N–H and O–H groups in total. The van der Waals surface area contributed by atoms with E-state index in [1.54, 1.807) is 13.0 Å². The molecule has 0 aliphatic heterocycles. The number of carboxylic acids is 1. The zero-order valence-corrected chi connectivity index (χ0v) is 15.3. The van der Waals surface area contributed by atoms with E-state index in [0.29, 0.717) is 12.2 Å². The van der Waals surface area contributed by atoms with Crippen molar-refractivity contribution in [1.29, 1.82) is 0 Å². The molecule has 0 bridgehead atoms. The molecule has 0 aliphatic carbocycles. The maximum atomic E-state index is 12.8. The maximum Gasteiger partial charge on any atom is 0.329 e. The molecule has 9 nitrogen and oxygen atoms in total. The summed E-state index contributed by atoms with van der Waals surface area (Å²) in [5.74, 6) is -3.37. The Hall–Kier alpha value is -3.95. The lowest BCUT2D eigenvalue weighted by atomic mass is 10.2. The van der Waals surface area contributed by atoms with Gasteiger partial charge in [0, 0.05) is 5.69 Å². The monoisotopic (exact) mass is 402 g/mol. The fraction of sp³-hybridized carbons (Fsp3) is 0.158. The molecule has 2 rings (SSSR count). The standard InChI is InChI=1S/C19H18FN3O6/c1-2-28-16-9-12(3-8-15(16)29-11-17(24)25)10-21-23-19(27)18(26)22-14-6-4-13(20)5-7-14/h3-10H,2,11H2,1H3,(H,22,26)(H,23,27)(H,24,25)/p-1/b21-10-. The van der Waals surface area contributed by atoms with Gasteiger partial charge in [-0.25, -0.2) is 9.82 Å². The Kier molecular flexibility index (Phi) is 7.66. The highest BCUT2D eigenvalue weighted by atomic mass is 19.1. The average molecular weight is 402 g/mol. The minimum Gasteiger partial charge on any atom is -0.546 e. The first kappa shape index (κ1) is 21.4. The van der Waals surface area contributed by atoms with Crippen molar-refractivity contribution < 1.29 is 33.4 Å². The van der Waals surface area contributed by atoms with E-state index in [0.717, 1.165) is 12.1 Å². The molecule has 0 spiro atoms. The van der Waals surface area contributed by atoms with Crippen LogP contribution in [0.1, 0.15) is 12.5 Å². The largest absolute Gasteiger partial charge is 0.546 e. The predicted molar refractivity (Wildman–Crippen MR) is 98.9 cm³/mol. The first-order valence-electron chi connectivity index (χ1n) is 8.38. The number of rotatable bonds is 8. The third-order valence-electron chi connectivity index (χ3n) is 3.30. The zero-order chi connectivity index (χ0) is 21.2. The molecule has 29 heavy (non-hydrogen) atoms. The summed E-state index contributed by atoms with van der Waals surface area (Å²) in [6, 6.07) is 9.43. The van der Waals surface area contributed by atoms with Crippen molar-refractivity contribution in [3.05, 3.63) is 53.8 Å². The number of aliphatic carboxylic acids is 1. The molecule has 0 saturated carbocycles. The third-order valence-corrected chi connectivity index (χ3v) is 3.30. The minimum absolute atomic E-state index is 0.205. The Morgan fingerprint density at radius 2 is 1.79 bits per heavy atom. The highest BCUT2D eigenvalue weighted by Gasteiger charge is 2.13. The van der Waals surface area contributed by atoms with Gasteiger partial charge >= 0.3 is 11.8 Å². The highest BCUT2D eigenvalue weighted by Crippen LogP contribution is 2.28. The van der Waals surface area contributed by atoms with Crippen LogP contribution in [0.4, 0.5) is 10.1 Å². The number of carbonyl (C=O) groups excluding carboxylic acids is 3. The van der Waals surface area contributed by atoms with Crippen LogP contribution in [0.15, 0.2) is 47.6 Å². The summed E-state index contributed by atoms with van der Waals surface area (Å²) in [5, 5.41) is 16.5. The van der Waals surface area contributed by atoms with Crippen LogP contribution in [-0.2, 0) is 14.4 Å². The smallest absolute Gasteiger partial charge is 0.329 e. The van der Waals surface area contributed by atoms with Gasteiger partial charge in [0.15, 0.2) is 11.5 Å². The highest BCUT2D eigenvalue weighted by molar-refractivity contribution is 6.39. The molecule has 2 aromatic rings. The second kappa shape index (κ2) is 10.4. The number of carboxylic acid groups (broad SMARTS) is 1. The number of hydrogen-bond acceptors (Lipinski definition) is 7. The Balaban J connectivity index is 1.96. The Bertz CT molecular complexity index is 915. The van der Waals surface area contributed by atoms with Gasteiger partial charge in [0.1, 0.15) is 12.4 Å². The maximum absolute atomic E-state index is 12.8. The summed E-state index contributed by atoms with van der Waals surface area (Å²) in [7, 11) is 0. The van der Waals surface area contributed by atoms with E-state index < -0.39 is 30.2 Å². The van der Waals surface area contributed by atoms with Crippen LogP contribution in [-0.4, -0.2) is 37.2 Å². The van der Waals surface area contributed by atoms with Crippen LogP contribution < -0.4 is 25.3 Å². The van der Waals surface area contributed by atoms with Crippen LogP contribution in [0.2, 0.25) is 0 Å². The molecule has 0 aliphatic rings. The zero-order valence-electron chi connectivity index (χ0n) is 15.3. The molecule has 10 heteroatoms. The van der Waals surface area contributed by atoms with Crippen molar-refractivity contribution in [2.45, 2.75) is 6.92 Å². The number of carbonyl (C=O) groups is 3. The van der Waals surface area contributed by atoms with E-state index in [2.05, 4.69) is 15.8 Å². The lowest BCUT2D eigenvalue weighted by Gasteiger charge is -2.12. The molecule has 0 unspecified atom stereocenters. The fourth-order valence-corrected chi connectivity index (χ4v) is 2.07. The Labute approximate surface area is 165 Å². The topological polar surface area (TPSA) is 129 Å². The number of nitrogens with one attached hydrogen (secondary N) is 2. The van der Waals surface area contributed by atoms with Gasteiger partial charge in [-0.1, -0.05) is 0 Å². The minimum atomic E-state index is -1.38. The number of hydrogen-bond donors (Lipinski definition) is 2. The molecule has 152 valence electrons. The summed E-state index contributed by atoms with van der Waals surface area (Å²) in [4.78, 5) is 34.0. The van der Waals surface area contributed by atoms with Crippen LogP contribution in [0.3, 0.4) is 0 Å². The Morgan fingerprint density at radius 1 is 1.07 bits per heavy atom. The van der Waals surface area contributed by atoms with Gasteiger partial charge in [-0.05, 0) is 55.0 Å². The van der Waals surface area contributed by atoms with Crippen LogP contribution in [0, 0.1) is 5.82 Å². The van der Waals surface area contributed by atoms with E-state index in [4.69, 9.17) is 9.47 Å². The van der Waals surface area contributed by atoms with Crippen LogP contribution in [0.25, 0.3) is 0 Å². The number of halogens is 1. The molecule has 2 amide bonds. The van der Waals surface area contributed by atoms with Crippen molar-refractivity contribution >= 4 is 29.7 Å². The van der Waals surface area contributed by atoms with Crippen molar-refractivity contribution in [1.82, 2.24) is 5.43 Å². The molecule has 0 heterocycles. The molecule has 0 fully saturated rings. The first-order chi connectivity index (χ1) is 13.9. The van der Waals surface area contributed by atoms with Gasteiger partial charge in [-0.2, -0.15) is 5.10 Å². The first-order valence-corrected chi connectivity index (χ1v) is 8.38. The van der Waals surface area contributed by atoms with Gasteiger partial charge in [-0.3, -0.25) is 9.59 Å². The van der Waals surface area contributed by atoms with Gasteiger partial charge in [0.2, 0.25) is 0 Å². The average Bonchev–Trinajstić information content (AvgIpc) is 2.69. The summed E-state index contributed by atoms with van der Waals surface area (Å²) >= 11 is 0. The van der Waals surface area contributed by atoms with Crippen molar-refractivity contribution in [3.63, 3.8) is 0 Å². The van der Waals surface area contributed by atoms with E-state index in [1.165, 1.54) is 30.5 Å². The molecule has 0 aromatic heterocycles. The number of nitrogens with zero attached hydrogens (tertiary/aromatic N) is 1. The predicted octanol–water partition coefficient (Wildman–Crippen LogP) is 0.442. The summed E-state index contributed by atoms with van der Waals surface area (Å²) in [5.41, 5.74) is 2.80. The van der Waals surface area contributed by atoms with E-state index in [9.17, 15) is 23.9 Å². The van der Waals surface area contributed by atoms with Crippen LogP contribution >= 0.6 is 0 Å². The summed E-state index contributed by atoms with van der Waals surface area (Å²) in [6.07, 6.45) is 1.26. The van der Waals surface area contributed by atoms with E-state index in [-0.39, 0.29) is 17.2 Å². The fourth-order valence-electron chi connectivity index (χ4n) is 2.07. The van der Waals surface area contributed by atoms with Crippen molar-refractivity contribution in [3.8, 4) is 11.5 Å². The van der Waals surface area contributed by atoms with Gasteiger partial charge in [0.05, 0.1) is 18.8 Å². The van der Waals surface area contributed by atoms with Crippen molar-refractivity contribution in [2.24, 2.45) is 5.10 Å². The Morgan fingerprint density at radius 3 is 2.45 bits per heavy atom. The number of amides is 2. The van der Waals surface area contributed by atoms with Crippen molar-refractivity contribution in [2.75, 3.05) is 18.5 Å². The second-order valence-corrected chi connectivity index (χ2v) is 5.46. The SMILES string of the molecule is CCOc1cc(/C=N\NC(=O)C(=O)Nc2ccc(F)cc2)ccc1OCC(=O)[O-]. The quantitative estimate of drug-likeness (QED) is 0.375. The molecule has 0 saturated heterocycles. The number of hydrazone groups is 1. The molecule has 0 atom stereocenters. The van der Waals surface area contributed by atoms with E-state index >= 15 is 0 Å². The molecular weight excluding hydrogens is 385 g/mol. The normalized spacial score (nSPS) is 10.4. The number of benzene rings is 2. The molecule has 2 aromatic carbocycles. The molecule has 0 radical (unpaired) electrons. The van der Waals surface area contributed by atoms with Gasteiger partial charge in [0.25, 0.3) is 0 Å². The lowest BCUT2D eigenvalue weighted by molar-refractivity contribution is -0.307. The van der Waals surface area contributed by atoms with E-state index in [1.807, 2.05) is 0 Å². The molecular formula is C19H17FN3O6-. The van der Waals surface area contributed by atoms with Gasteiger partial charge in [-0.15, -0.1) is 0 Å². The second-order valence-electron chi connectivity index (χ2n) is 5.46. The third kappa shape index (κ3) is 6.94.